The fourth-order valence-electron chi connectivity index (χ4n) is 2.43. The number of halogens is 2. The predicted molar refractivity (Wildman–Crippen MR) is 100 cm³/mol. The van der Waals surface area contributed by atoms with Crippen LogP contribution in [-0.2, 0) is 16.0 Å². The van der Waals surface area contributed by atoms with Gasteiger partial charge in [0.15, 0.2) is 0 Å². The average Bonchev–Trinajstić information content (AvgIpc) is 3.18. The van der Waals surface area contributed by atoms with Crippen LogP contribution < -0.4 is 10.6 Å². The summed E-state index contributed by atoms with van der Waals surface area (Å²) in [4.78, 5) is 23.9. The van der Waals surface area contributed by atoms with E-state index in [0.29, 0.717) is 5.69 Å². The van der Waals surface area contributed by atoms with Gasteiger partial charge in [0.2, 0.25) is 11.8 Å². The molecule has 0 aliphatic carbocycles. The highest BCUT2D eigenvalue weighted by Gasteiger charge is 2.13. The number of rotatable bonds is 6. The van der Waals surface area contributed by atoms with Gasteiger partial charge in [0.1, 0.15) is 5.82 Å². The molecule has 6 nitrogen and oxygen atoms in total. The normalized spacial score (nSPS) is 10.4. The lowest BCUT2D eigenvalue weighted by atomic mass is 10.1. The number of amides is 2. The second kappa shape index (κ2) is 8.46. The zero-order chi connectivity index (χ0) is 19.2. The van der Waals surface area contributed by atoms with E-state index in [1.807, 2.05) is 12.3 Å². The van der Waals surface area contributed by atoms with E-state index in [1.54, 1.807) is 35.1 Å². The largest absolute Gasteiger partial charge is 0.347 e. The molecule has 138 valence electrons. The third-order valence-electron chi connectivity index (χ3n) is 3.77. The summed E-state index contributed by atoms with van der Waals surface area (Å²) in [7, 11) is 0. The maximum atomic E-state index is 13.7. The van der Waals surface area contributed by atoms with Gasteiger partial charge in [-0.05, 0) is 42.5 Å². The number of nitrogens with zero attached hydrogens (tertiary/aromatic N) is 2. The van der Waals surface area contributed by atoms with Crippen molar-refractivity contribution in [1.29, 1.82) is 0 Å². The van der Waals surface area contributed by atoms with Crippen molar-refractivity contribution in [3.05, 3.63) is 77.3 Å². The van der Waals surface area contributed by atoms with Crippen molar-refractivity contribution in [2.75, 3.05) is 11.9 Å². The molecule has 2 amide bonds. The Hall–Kier alpha value is -3.19. The van der Waals surface area contributed by atoms with Gasteiger partial charge in [-0.1, -0.05) is 17.7 Å². The van der Waals surface area contributed by atoms with Crippen LogP contribution in [0.5, 0.6) is 0 Å². The molecule has 2 N–H and O–H groups in total. The molecule has 0 spiro atoms. The Labute approximate surface area is 160 Å². The standard InChI is InChI=1S/C19H16ClFN4O2/c20-16-3-1-4-17(21)15(16)11-18(26)22-12-19(27)24-13-5-7-14(8-6-13)25-10-2-9-23-25/h1-10H,11-12H2,(H,22,26)(H,24,27). The Kier molecular flexibility index (Phi) is 5.83. The van der Waals surface area contributed by atoms with Crippen molar-refractivity contribution < 1.29 is 14.0 Å². The Balaban J connectivity index is 1.50. The number of hydrogen-bond acceptors (Lipinski definition) is 3. The van der Waals surface area contributed by atoms with Crippen LogP contribution in [0.4, 0.5) is 10.1 Å². The summed E-state index contributed by atoms with van der Waals surface area (Å²) in [5.41, 5.74) is 1.54. The molecule has 0 aliphatic rings. The third kappa shape index (κ3) is 4.92. The maximum absolute atomic E-state index is 13.7. The molecule has 3 rings (SSSR count). The maximum Gasteiger partial charge on any atom is 0.243 e. The van der Waals surface area contributed by atoms with Gasteiger partial charge in [-0.2, -0.15) is 5.10 Å². The molecule has 0 bridgehead atoms. The van der Waals surface area contributed by atoms with E-state index in [1.165, 1.54) is 18.2 Å². The quantitative estimate of drug-likeness (QED) is 0.683. The number of nitrogens with one attached hydrogen (secondary N) is 2. The van der Waals surface area contributed by atoms with Crippen molar-refractivity contribution in [2.45, 2.75) is 6.42 Å². The van der Waals surface area contributed by atoms with Crippen molar-refractivity contribution >= 4 is 29.1 Å². The average molecular weight is 387 g/mol. The molecular weight excluding hydrogens is 371 g/mol. The Morgan fingerprint density at radius 1 is 1.07 bits per heavy atom. The fraction of sp³-hybridized carbons (Fsp3) is 0.105. The highest BCUT2D eigenvalue weighted by atomic mass is 35.5. The van der Waals surface area contributed by atoms with Crippen molar-refractivity contribution in [3.8, 4) is 5.69 Å². The van der Waals surface area contributed by atoms with Crippen LogP contribution >= 0.6 is 11.6 Å². The zero-order valence-electron chi connectivity index (χ0n) is 14.2. The highest BCUT2D eigenvalue weighted by Crippen LogP contribution is 2.19. The zero-order valence-corrected chi connectivity index (χ0v) is 14.9. The number of hydrogen-bond donors (Lipinski definition) is 2. The molecule has 0 atom stereocenters. The minimum atomic E-state index is -0.556. The van der Waals surface area contributed by atoms with E-state index < -0.39 is 17.6 Å². The molecule has 8 heteroatoms. The van der Waals surface area contributed by atoms with Crippen molar-refractivity contribution in [2.24, 2.45) is 0 Å². The van der Waals surface area contributed by atoms with Gasteiger partial charge in [-0.3, -0.25) is 9.59 Å². The topological polar surface area (TPSA) is 76.0 Å². The Bertz CT molecular complexity index is 923. The first-order chi connectivity index (χ1) is 13.0. The predicted octanol–water partition coefficient (Wildman–Crippen LogP) is 2.96. The van der Waals surface area contributed by atoms with Crippen LogP contribution in [0.15, 0.2) is 60.9 Å². The molecular formula is C19H16ClFN4O2. The Morgan fingerprint density at radius 3 is 2.52 bits per heavy atom. The van der Waals surface area contributed by atoms with Crippen LogP contribution in [0, 0.1) is 5.82 Å². The van der Waals surface area contributed by atoms with E-state index >= 15 is 0 Å². The van der Waals surface area contributed by atoms with E-state index in [4.69, 9.17) is 11.6 Å². The van der Waals surface area contributed by atoms with Gasteiger partial charge >= 0.3 is 0 Å². The van der Waals surface area contributed by atoms with Gasteiger partial charge in [-0.25, -0.2) is 9.07 Å². The summed E-state index contributed by atoms with van der Waals surface area (Å²) in [6.07, 6.45) is 3.25. The molecule has 3 aromatic rings. The van der Waals surface area contributed by atoms with Gasteiger partial charge < -0.3 is 10.6 Å². The van der Waals surface area contributed by atoms with Gasteiger partial charge in [0, 0.05) is 28.7 Å². The monoisotopic (exact) mass is 386 g/mol. The minimum Gasteiger partial charge on any atom is -0.347 e. The molecule has 0 saturated carbocycles. The first-order valence-corrected chi connectivity index (χ1v) is 8.50. The second-order valence-electron chi connectivity index (χ2n) is 5.70. The summed E-state index contributed by atoms with van der Waals surface area (Å²) < 4.78 is 15.4. The number of carbonyl (C=O) groups excluding carboxylic acids is 2. The summed E-state index contributed by atoms with van der Waals surface area (Å²) >= 11 is 5.89. The number of carbonyl (C=O) groups is 2. The van der Waals surface area contributed by atoms with Crippen LogP contribution in [0.2, 0.25) is 5.02 Å². The highest BCUT2D eigenvalue weighted by molar-refractivity contribution is 6.31. The van der Waals surface area contributed by atoms with Gasteiger partial charge in [0.25, 0.3) is 0 Å². The van der Waals surface area contributed by atoms with Crippen LogP contribution in [-0.4, -0.2) is 28.1 Å². The summed E-state index contributed by atoms with van der Waals surface area (Å²) in [6, 6.07) is 13.1. The van der Waals surface area contributed by atoms with Gasteiger partial charge in [-0.15, -0.1) is 0 Å². The van der Waals surface area contributed by atoms with Crippen molar-refractivity contribution in [1.82, 2.24) is 15.1 Å². The molecule has 0 radical (unpaired) electrons. The number of anilines is 1. The molecule has 0 aliphatic heterocycles. The molecule has 1 heterocycles. The van der Waals surface area contributed by atoms with Crippen LogP contribution in [0.1, 0.15) is 5.56 Å². The van der Waals surface area contributed by atoms with Gasteiger partial charge in [0.05, 0.1) is 18.7 Å². The van der Waals surface area contributed by atoms with E-state index in [9.17, 15) is 14.0 Å². The molecule has 0 fully saturated rings. The first-order valence-electron chi connectivity index (χ1n) is 8.12. The SMILES string of the molecule is O=C(Cc1c(F)cccc1Cl)NCC(=O)Nc1ccc(-n2cccn2)cc1. The first kappa shape index (κ1) is 18.6. The number of benzene rings is 2. The van der Waals surface area contributed by atoms with E-state index in [0.717, 1.165) is 5.69 Å². The van der Waals surface area contributed by atoms with E-state index in [2.05, 4.69) is 15.7 Å². The van der Waals surface area contributed by atoms with Crippen molar-refractivity contribution in [3.63, 3.8) is 0 Å². The minimum absolute atomic E-state index is 0.103. The van der Waals surface area contributed by atoms with Crippen LogP contribution in [0.25, 0.3) is 5.69 Å². The third-order valence-corrected chi connectivity index (χ3v) is 4.12. The molecule has 27 heavy (non-hydrogen) atoms. The summed E-state index contributed by atoms with van der Waals surface area (Å²) in [5, 5.41) is 9.41. The fourth-order valence-corrected chi connectivity index (χ4v) is 2.66. The molecule has 1 aromatic heterocycles. The smallest absolute Gasteiger partial charge is 0.243 e. The molecule has 0 unspecified atom stereocenters. The lowest BCUT2D eigenvalue weighted by Crippen LogP contribution is -2.34. The molecule has 0 saturated heterocycles. The lowest BCUT2D eigenvalue weighted by molar-refractivity contribution is -0.123. The summed E-state index contributed by atoms with van der Waals surface area (Å²) in [6.45, 7) is -0.230. The molecule has 2 aromatic carbocycles. The second-order valence-corrected chi connectivity index (χ2v) is 6.11. The van der Waals surface area contributed by atoms with E-state index in [-0.39, 0.29) is 23.6 Å². The number of aromatic nitrogens is 2. The summed E-state index contributed by atoms with van der Waals surface area (Å²) in [5.74, 6) is -1.44. The van der Waals surface area contributed by atoms with Crippen LogP contribution in [0.3, 0.4) is 0 Å². The Morgan fingerprint density at radius 2 is 1.85 bits per heavy atom. The lowest BCUT2D eigenvalue weighted by Gasteiger charge is -2.09.